The molecule has 2 aromatic rings. The minimum absolute atomic E-state index is 0.201. The summed E-state index contributed by atoms with van der Waals surface area (Å²) >= 11 is 0. The van der Waals surface area contributed by atoms with Crippen LogP contribution in [0, 0.1) is 6.92 Å². The molecule has 0 unspecified atom stereocenters. The van der Waals surface area contributed by atoms with E-state index in [-0.39, 0.29) is 6.03 Å². The number of ether oxygens (including phenoxy) is 3. The molecule has 0 aliphatic heterocycles. The lowest BCUT2D eigenvalue weighted by molar-refractivity contribution is 0.240. The Morgan fingerprint density at radius 3 is 2.19 bits per heavy atom. The lowest BCUT2D eigenvalue weighted by Gasteiger charge is -2.14. The van der Waals surface area contributed by atoms with Crippen molar-refractivity contribution in [1.29, 1.82) is 0 Å². The van der Waals surface area contributed by atoms with Crippen LogP contribution in [0.5, 0.6) is 17.2 Å². The number of urea groups is 1. The molecule has 2 N–H and O–H groups in total. The van der Waals surface area contributed by atoms with Crippen LogP contribution in [-0.4, -0.2) is 33.9 Å². The predicted octanol–water partition coefficient (Wildman–Crippen LogP) is 3.06. The lowest BCUT2D eigenvalue weighted by Crippen LogP contribution is -2.36. The van der Waals surface area contributed by atoms with Crippen LogP contribution in [0.15, 0.2) is 36.4 Å². The molecule has 0 spiro atoms. The summed E-state index contributed by atoms with van der Waals surface area (Å²) in [5.74, 6) is 1.94. The van der Waals surface area contributed by atoms with Crippen molar-refractivity contribution in [3.05, 3.63) is 53.1 Å². The largest absolute Gasteiger partial charge is 0.496 e. The number of rotatable bonds is 8. The minimum Gasteiger partial charge on any atom is -0.496 e. The summed E-state index contributed by atoms with van der Waals surface area (Å²) in [4.78, 5) is 12.0. The molecule has 0 saturated carbocycles. The fourth-order valence-corrected chi connectivity index (χ4v) is 2.64. The van der Waals surface area contributed by atoms with E-state index in [0.29, 0.717) is 36.8 Å². The molecular formula is C20H26N2O4. The van der Waals surface area contributed by atoms with Gasteiger partial charge < -0.3 is 24.8 Å². The third-order valence-corrected chi connectivity index (χ3v) is 4.17. The lowest BCUT2D eigenvalue weighted by atomic mass is 10.1. The van der Waals surface area contributed by atoms with E-state index in [1.54, 1.807) is 27.4 Å². The van der Waals surface area contributed by atoms with E-state index < -0.39 is 0 Å². The molecule has 2 aromatic carbocycles. The second-order valence-corrected chi connectivity index (χ2v) is 5.80. The Morgan fingerprint density at radius 2 is 1.54 bits per heavy atom. The molecule has 0 heterocycles. The van der Waals surface area contributed by atoms with Gasteiger partial charge >= 0.3 is 6.03 Å². The first-order valence-corrected chi connectivity index (χ1v) is 8.44. The molecule has 0 saturated heterocycles. The van der Waals surface area contributed by atoms with Gasteiger partial charge in [-0.25, -0.2) is 4.79 Å². The molecule has 0 radical (unpaired) electrons. The maximum absolute atomic E-state index is 12.0. The van der Waals surface area contributed by atoms with Crippen molar-refractivity contribution >= 4 is 6.03 Å². The molecule has 140 valence electrons. The van der Waals surface area contributed by atoms with Gasteiger partial charge in [0, 0.05) is 19.2 Å². The van der Waals surface area contributed by atoms with Gasteiger partial charge in [0.15, 0.2) is 11.5 Å². The first-order valence-electron chi connectivity index (χ1n) is 8.44. The molecule has 0 bridgehead atoms. The highest BCUT2D eigenvalue weighted by Gasteiger charge is 2.12. The third kappa shape index (κ3) is 5.05. The fourth-order valence-electron chi connectivity index (χ4n) is 2.64. The molecular weight excluding hydrogens is 332 g/mol. The summed E-state index contributed by atoms with van der Waals surface area (Å²) in [6.45, 7) is 3.00. The van der Waals surface area contributed by atoms with Crippen LogP contribution in [0.4, 0.5) is 4.79 Å². The van der Waals surface area contributed by atoms with Crippen LogP contribution in [0.3, 0.4) is 0 Å². The van der Waals surface area contributed by atoms with Crippen molar-refractivity contribution < 1.29 is 19.0 Å². The van der Waals surface area contributed by atoms with Gasteiger partial charge in [-0.1, -0.05) is 24.3 Å². The average molecular weight is 358 g/mol. The van der Waals surface area contributed by atoms with Gasteiger partial charge in [-0.05, 0) is 36.1 Å². The Bertz CT molecular complexity index is 747. The number of hydrogen-bond acceptors (Lipinski definition) is 4. The zero-order valence-electron chi connectivity index (χ0n) is 15.7. The topological polar surface area (TPSA) is 68.8 Å². The summed E-state index contributed by atoms with van der Waals surface area (Å²) in [7, 11) is 4.77. The summed E-state index contributed by atoms with van der Waals surface area (Å²) in [6, 6.07) is 11.4. The SMILES string of the molecule is COc1cc(OC)c(OC)cc1CCNC(=O)NCc1ccccc1C. The number of nitrogens with one attached hydrogen (secondary N) is 2. The van der Waals surface area contributed by atoms with Crippen LogP contribution < -0.4 is 24.8 Å². The van der Waals surface area contributed by atoms with Gasteiger partial charge in [0.05, 0.1) is 21.3 Å². The standard InChI is InChI=1S/C20H26N2O4/c1-14-7-5-6-8-16(14)13-22-20(23)21-10-9-15-11-18(25-3)19(26-4)12-17(15)24-2/h5-8,11-12H,9-10,13H2,1-4H3,(H2,21,22,23). The van der Waals surface area contributed by atoms with E-state index >= 15 is 0 Å². The quantitative estimate of drug-likeness (QED) is 0.761. The molecule has 6 heteroatoms. The summed E-state index contributed by atoms with van der Waals surface area (Å²) in [6.07, 6.45) is 0.612. The molecule has 2 rings (SSSR count). The maximum atomic E-state index is 12.0. The zero-order chi connectivity index (χ0) is 18.9. The Kier molecular flexibility index (Phi) is 7.14. The van der Waals surface area contributed by atoms with Gasteiger partial charge in [0.2, 0.25) is 0 Å². The highest BCUT2D eigenvalue weighted by atomic mass is 16.5. The number of carbonyl (C=O) groups excluding carboxylic acids is 1. The van der Waals surface area contributed by atoms with Crippen LogP contribution >= 0.6 is 0 Å². The average Bonchev–Trinajstić information content (AvgIpc) is 2.66. The van der Waals surface area contributed by atoms with E-state index in [2.05, 4.69) is 10.6 Å². The molecule has 0 atom stereocenters. The van der Waals surface area contributed by atoms with Gasteiger partial charge in [0.25, 0.3) is 0 Å². The van der Waals surface area contributed by atoms with Crippen molar-refractivity contribution in [3.8, 4) is 17.2 Å². The highest BCUT2D eigenvalue weighted by molar-refractivity contribution is 5.73. The predicted molar refractivity (Wildman–Crippen MR) is 101 cm³/mol. The van der Waals surface area contributed by atoms with Crippen molar-refractivity contribution in [2.75, 3.05) is 27.9 Å². The normalized spacial score (nSPS) is 10.2. The fraction of sp³-hybridized carbons (Fsp3) is 0.350. The number of methoxy groups -OCH3 is 3. The van der Waals surface area contributed by atoms with Crippen molar-refractivity contribution in [1.82, 2.24) is 10.6 Å². The number of aryl methyl sites for hydroxylation is 1. The number of carbonyl (C=O) groups is 1. The highest BCUT2D eigenvalue weighted by Crippen LogP contribution is 2.34. The van der Waals surface area contributed by atoms with Gasteiger partial charge in [-0.2, -0.15) is 0 Å². The van der Waals surface area contributed by atoms with E-state index in [0.717, 1.165) is 16.7 Å². The van der Waals surface area contributed by atoms with E-state index in [1.807, 2.05) is 37.3 Å². The Hall–Kier alpha value is -2.89. The first kappa shape index (κ1) is 19.4. The van der Waals surface area contributed by atoms with Crippen LogP contribution in [0.25, 0.3) is 0 Å². The van der Waals surface area contributed by atoms with Gasteiger partial charge in [-0.3, -0.25) is 0 Å². The Balaban J connectivity index is 1.88. The molecule has 0 aromatic heterocycles. The van der Waals surface area contributed by atoms with Crippen LogP contribution in [-0.2, 0) is 13.0 Å². The third-order valence-electron chi connectivity index (χ3n) is 4.17. The summed E-state index contributed by atoms with van der Waals surface area (Å²) in [5.41, 5.74) is 3.19. The number of hydrogen-bond donors (Lipinski definition) is 2. The maximum Gasteiger partial charge on any atom is 0.315 e. The van der Waals surface area contributed by atoms with Crippen molar-refractivity contribution in [3.63, 3.8) is 0 Å². The number of benzene rings is 2. The van der Waals surface area contributed by atoms with Crippen LogP contribution in [0.2, 0.25) is 0 Å². The number of amides is 2. The molecule has 26 heavy (non-hydrogen) atoms. The second kappa shape index (κ2) is 9.56. The summed E-state index contributed by atoms with van der Waals surface area (Å²) in [5, 5.41) is 5.73. The summed E-state index contributed by atoms with van der Waals surface area (Å²) < 4.78 is 16.0. The van der Waals surface area contributed by atoms with Gasteiger partial charge in [0.1, 0.15) is 5.75 Å². The zero-order valence-corrected chi connectivity index (χ0v) is 15.7. The monoisotopic (exact) mass is 358 g/mol. The molecule has 0 aliphatic rings. The van der Waals surface area contributed by atoms with Crippen molar-refractivity contribution in [2.24, 2.45) is 0 Å². The van der Waals surface area contributed by atoms with E-state index in [4.69, 9.17) is 14.2 Å². The molecule has 6 nitrogen and oxygen atoms in total. The Morgan fingerprint density at radius 1 is 0.885 bits per heavy atom. The smallest absolute Gasteiger partial charge is 0.315 e. The minimum atomic E-state index is -0.201. The molecule has 2 amide bonds. The first-order chi connectivity index (χ1) is 12.6. The van der Waals surface area contributed by atoms with Crippen molar-refractivity contribution in [2.45, 2.75) is 19.9 Å². The molecule has 0 aliphatic carbocycles. The molecule has 0 fully saturated rings. The second-order valence-electron chi connectivity index (χ2n) is 5.80. The Labute approximate surface area is 154 Å². The van der Waals surface area contributed by atoms with E-state index in [9.17, 15) is 4.79 Å². The van der Waals surface area contributed by atoms with E-state index in [1.165, 1.54) is 0 Å². The van der Waals surface area contributed by atoms with Gasteiger partial charge in [-0.15, -0.1) is 0 Å². The van der Waals surface area contributed by atoms with Crippen LogP contribution in [0.1, 0.15) is 16.7 Å².